The van der Waals surface area contributed by atoms with Crippen molar-refractivity contribution in [1.82, 2.24) is 5.32 Å². The number of rotatable bonds is 6. The van der Waals surface area contributed by atoms with Crippen LogP contribution in [0.1, 0.15) is 43.4 Å². The molecule has 1 aliphatic carbocycles. The summed E-state index contributed by atoms with van der Waals surface area (Å²) in [6, 6.07) is 11.6. The maximum absolute atomic E-state index is 12.9. The topological polar surface area (TPSA) is 47.6 Å². The molecular formula is C22H24ClNO3. The van der Waals surface area contributed by atoms with Crippen LogP contribution in [-0.4, -0.2) is 18.6 Å². The van der Waals surface area contributed by atoms with Gasteiger partial charge in [0.15, 0.2) is 0 Å². The third kappa shape index (κ3) is 3.51. The minimum Gasteiger partial charge on any atom is -0.494 e. The molecular weight excluding hydrogens is 362 g/mol. The van der Waals surface area contributed by atoms with E-state index in [0.717, 1.165) is 41.9 Å². The van der Waals surface area contributed by atoms with Gasteiger partial charge < -0.3 is 14.8 Å². The molecule has 2 aliphatic rings. The highest BCUT2D eigenvalue weighted by Crippen LogP contribution is 2.48. The van der Waals surface area contributed by atoms with Crippen molar-refractivity contribution in [3.05, 3.63) is 58.1 Å². The highest BCUT2D eigenvalue weighted by atomic mass is 35.5. The summed E-state index contributed by atoms with van der Waals surface area (Å²) in [6.07, 6.45) is 2.80. The first-order valence-corrected chi connectivity index (χ1v) is 9.89. The van der Waals surface area contributed by atoms with Gasteiger partial charge >= 0.3 is 0 Å². The summed E-state index contributed by atoms with van der Waals surface area (Å²) in [6.45, 7) is 5.04. The van der Waals surface area contributed by atoms with Gasteiger partial charge in [-0.15, -0.1) is 0 Å². The van der Waals surface area contributed by atoms with Crippen LogP contribution in [0.2, 0.25) is 5.02 Å². The Hall–Kier alpha value is -2.20. The molecule has 1 amide bonds. The van der Waals surface area contributed by atoms with Gasteiger partial charge in [-0.2, -0.15) is 0 Å². The zero-order valence-electron chi connectivity index (χ0n) is 15.7. The molecule has 0 spiro atoms. The summed E-state index contributed by atoms with van der Waals surface area (Å²) >= 11 is 5.98. The number of ether oxygens (including phenoxy) is 2. The van der Waals surface area contributed by atoms with E-state index in [9.17, 15) is 4.79 Å². The normalized spacial score (nSPS) is 19.1. The number of carbonyl (C=O) groups excluding carboxylic acids is 1. The Morgan fingerprint density at radius 3 is 2.70 bits per heavy atom. The first-order chi connectivity index (χ1) is 13.0. The number of halogens is 1. The van der Waals surface area contributed by atoms with E-state index in [1.165, 1.54) is 5.56 Å². The van der Waals surface area contributed by atoms with E-state index in [0.29, 0.717) is 18.2 Å². The number of benzene rings is 2. The molecule has 27 heavy (non-hydrogen) atoms. The molecule has 1 heterocycles. The molecule has 1 N–H and O–H groups in total. The monoisotopic (exact) mass is 385 g/mol. The third-order valence-electron chi connectivity index (χ3n) is 5.40. The first-order valence-electron chi connectivity index (χ1n) is 9.51. The van der Waals surface area contributed by atoms with Gasteiger partial charge in [-0.05, 0) is 56.5 Å². The molecule has 2 aromatic rings. The van der Waals surface area contributed by atoms with Crippen LogP contribution in [0.5, 0.6) is 11.5 Å². The van der Waals surface area contributed by atoms with E-state index >= 15 is 0 Å². The van der Waals surface area contributed by atoms with Crippen LogP contribution in [0.3, 0.4) is 0 Å². The van der Waals surface area contributed by atoms with Crippen molar-refractivity contribution in [3.8, 4) is 11.5 Å². The fourth-order valence-corrected chi connectivity index (χ4v) is 3.92. The lowest BCUT2D eigenvalue weighted by Gasteiger charge is -2.18. The quantitative estimate of drug-likeness (QED) is 0.801. The molecule has 1 unspecified atom stereocenters. The zero-order chi connectivity index (χ0) is 19.0. The fourth-order valence-electron chi connectivity index (χ4n) is 3.79. The highest BCUT2D eigenvalue weighted by Gasteiger charge is 2.51. The maximum Gasteiger partial charge on any atom is 0.230 e. The second-order valence-electron chi connectivity index (χ2n) is 7.40. The first kappa shape index (κ1) is 18.2. The van der Waals surface area contributed by atoms with Crippen molar-refractivity contribution in [1.29, 1.82) is 0 Å². The van der Waals surface area contributed by atoms with Crippen LogP contribution < -0.4 is 14.8 Å². The molecule has 142 valence electrons. The van der Waals surface area contributed by atoms with E-state index in [2.05, 4.69) is 18.3 Å². The van der Waals surface area contributed by atoms with Crippen molar-refractivity contribution in [2.24, 2.45) is 0 Å². The molecule has 1 fully saturated rings. The van der Waals surface area contributed by atoms with Crippen molar-refractivity contribution >= 4 is 17.5 Å². The Labute approximate surface area is 164 Å². The predicted octanol–water partition coefficient (Wildman–Crippen LogP) is 4.41. The molecule has 0 saturated heterocycles. The van der Waals surface area contributed by atoms with E-state index in [1.807, 2.05) is 37.3 Å². The fraction of sp³-hybridized carbons (Fsp3) is 0.409. The maximum atomic E-state index is 12.9. The lowest BCUT2D eigenvalue weighted by molar-refractivity contribution is -0.123. The molecule has 0 bridgehead atoms. The summed E-state index contributed by atoms with van der Waals surface area (Å²) in [5, 5.41) is 3.79. The van der Waals surface area contributed by atoms with Gasteiger partial charge in [-0.3, -0.25) is 4.79 Å². The van der Waals surface area contributed by atoms with Crippen molar-refractivity contribution in [2.45, 2.75) is 51.2 Å². The Balaban J connectivity index is 1.51. The predicted molar refractivity (Wildman–Crippen MR) is 106 cm³/mol. The SMILES string of the molecule is CCOc1cc2c(cc1CNC(=O)C1(c3ccc(Cl)cc3)CC1)OC(C)C2. The Morgan fingerprint density at radius 2 is 2.04 bits per heavy atom. The molecule has 0 radical (unpaired) electrons. The number of amides is 1. The summed E-state index contributed by atoms with van der Waals surface area (Å²) in [4.78, 5) is 12.9. The van der Waals surface area contributed by atoms with Gasteiger partial charge in [0.1, 0.15) is 17.6 Å². The smallest absolute Gasteiger partial charge is 0.230 e. The molecule has 1 saturated carbocycles. The summed E-state index contributed by atoms with van der Waals surface area (Å²) in [7, 11) is 0. The summed E-state index contributed by atoms with van der Waals surface area (Å²) in [5.41, 5.74) is 2.73. The lowest BCUT2D eigenvalue weighted by Crippen LogP contribution is -2.34. The van der Waals surface area contributed by atoms with Gasteiger partial charge in [0.2, 0.25) is 5.91 Å². The molecule has 2 aromatic carbocycles. The standard InChI is InChI=1S/C22H24ClNO3/c1-3-26-19-11-15-10-14(2)27-20(15)12-16(19)13-24-21(25)22(8-9-22)17-4-6-18(23)7-5-17/h4-7,11-12,14H,3,8-10,13H2,1-2H3,(H,24,25). The molecule has 4 rings (SSSR count). The van der Waals surface area contributed by atoms with Crippen LogP contribution in [0.15, 0.2) is 36.4 Å². The summed E-state index contributed by atoms with van der Waals surface area (Å²) in [5.74, 6) is 1.78. The number of carbonyl (C=O) groups is 1. The van der Waals surface area contributed by atoms with Gasteiger partial charge in [0, 0.05) is 29.1 Å². The Kier molecular flexibility index (Phi) is 4.77. The van der Waals surface area contributed by atoms with Crippen molar-refractivity contribution in [3.63, 3.8) is 0 Å². The zero-order valence-corrected chi connectivity index (χ0v) is 16.4. The second kappa shape index (κ2) is 7.08. The Bertz CT molecular complexity index is 859. The van der Waals surface area contributed by atoms with E-state index in [-0.39, 0.29) is 12.0 Å². The van der Waals surface area contributed by atoms with Gasteiger partial charge in [-0.25, -0.2) is 0 Å². The molecule has 1 aliphatic heterocycles. The van der Waals surface area contributed by atoms with E-state index in [1.54, 1.807) is 0 Å². The number of nitrogens with one attached hydrogen (secondary N) is 1. The molecule has 5 heteroatoms. The Morgan fingerprint density at radius 1 is 1.30 bits per heavy atom. The molecule has 1 atom stereocenters. The van der Waals surface area contributed by atoms with Gasteiger partial charge in [0.25, 0.3) is 0 Å². The van der Waals surface area contributed by atoms with Gasteiger partial charge in [-0.1, -0.05) is 23.7 Å². The van der Waals surface area contributed by atoms with Crippen LogP contribution in [0, 0.1) is 0 Å². The van der Waals surface area contributed by atoms with Crippen LogP contribution >= 0.6 is 11.6 Å². The summed E-state index contributed by atoms with van der Waals surface area (Å²) < 4.78 is 11.7. The average molecular weight is 386 g/mol. The number of fused-ring (bicyclic) bond motifs is 1. The third-order valence-corrected chi connectivity index (χ3v) is 5.65. The highest BCUT2D eigenvalue weighted by molar-refractivity contribution is 6.30. The second-order valence-corrected chi connectivity index (χ2v) is 7.84. The largest absolute Gasteiger partial charge is 0.494 e. The molecule has 0 aromatic heterocycles. The van der Waals surface area contributed by atoms with Crippen LogP contribution in [-0.2, 0) is 23.2 Å². The number of hydrogen-bond donors (Lipinski definition) is 1. The van der Waals surface area contributed by atoms with Gasteiger partial charge in [0.05, 0.1) is 12.0 Å². The molecule has 4 nitrogen and oxygen atoms in total. The van der Waals surface area contributed by atoms with Crippen molar-refractivity contribution in [2.75, 3.05) is 6.61 Å². The van der Waals surface area contributed by atoms with E-state index in [4.69, 9.17) is 21.1 Å². The average Bonchev–Trinajstić information content (AvgIpc) is 3.37. The minimum absolute atomic E-state index is 0.0575. The lowest BCUT2D eigenvalue weighted by atomic mass is 9.95. The van der Waals surface area contributed by atoms with Crippen LogP contribution in [0.25, 0.3) is 0 Å². The minimum atomic E-state index is -0.419. The number of hydrogen-bond acceptors (Lipinski definition) is 3. The van der Waals surface area contributed by atoms with Crippen LogP contribution in [0.4, 0.5) is 0 Å². The van der Waals surface area contributed by atoms with E-state index < -0.39 is 5.41 Å². The van der Waals surface area contributed by atoms with Crippen molar-refractivity contribution < 1.29 is 14.3 Å².